The lowest BCUT2D eigenvalue weighted by molar-refractivity contribution is -0.150. The molecule has 0 aliphatic heterocycles. The number of ketones is 1. The van der Waals surface area contributed by atoms with Gasteiger partial charge in [-0.2, -0.15) is 0 Å². The van der Waals surface area contributed by atoms with Crippen LogP contribution in [0.3, 0.4) is 0 Å². The second-order valence-electron chi connectivity index (χ2n) is 7.77. The summed E-state index contributed by atoms with van der Waals surface area (Å²) < 4.78 is 5.57. The molecule has 2 fully saturated rings. The number of hydrogen-bond donors (Lipinski definition) is 0. The lowest BCUT2D eigenvalue weighted by Gasteiger charge is -2.56. The van der Waals surface area contributed by atoms with Crippen molar-refractivity contribution >= 4 is 11.8 Å². The first-order valence-corrected chi connectivity index (χ1v) is 8.28. The number of allylic oxidation sites excluding steroid dienone is 1. The second kappa shape index (κ2) is 5.26. The molecule has 0 aromatic heterocycles. The van der Waals surface area contributed by atoms with Gasteiger partial charge >= 0.3 is 5.97 Å². The highest BCUT2D eigenvalue weighted by atomic mass is 16.5. The van der Waals surface area contributed by atoms with E-state index in [1.807, 2.05) is 6.92 Å². The fourth-order valence-electron chi connectivity index (χ4n) is 4.37. The maximum absolute atomic E-state index is 12.2. The van der Waals surface area contributed by atoms with Crippen LogP contribution in [0.1, 0.15) is 52.9 Å². The van der Waals surface area contributed by atoms with Crippen molar-refractivity contribution in [2.45, 2.75) is 52.9 Å². The first kappa shape index (κ1) is 14.8. The number of esters is 1. The van der Waals surface area contributed by atoms with E-state index in [9.17, 15) is 9.59 Å². The van der Waals surface area contributed by atoms with Gasteiger partial charge in [0.25, 0.3) is 0 Å². The van der Waals surface area contributed by atoms with E-state index < -0.39 is 0 Å². The van der Waals surface area contributed by atoms with E-state index in [0.717, 1.165) is 12.3 Å². The smallest absolute Gasteiger partial charge is 0.309 e. The quantitative estimate of drug-likeness (QED) is 0.590. The summed E-state index contributed by atoms with van der Waals surface area (Å²) in [6, 6.07) is 0. The number of Topliss-reactive ketones (excluding diaryl/α,β-unsaturated/α-hetero) is 1. The molecule has 0 aromatic rings. The van der Waals surface area contributed by atoms with Gasteiger partial charge in [-0.1, -0.05) is 26.8 Å². The lowest BCUT2D eigenvalue weighted by Crippen LogP contribution is -2.48. The van der Waals surface area contributed by atoms with Gasteiger partial charge in [0.2, 0.25) is 0 Å². The number of ether oxygens (including phenoxy) is 1. The van der Waals surface area contributed by atoms with Crippen LogP contribution in [0.2, 0.25) is 0 Å². The van der Waals surface area contributed by atoms with Crippen LogP contribution in [0.15, 0.2) is 11.6 Å². The number of hydrogen-bond acceptors (Lipinski definition) is 3. The molecule has 2 bridgehead atoms. The molecular weight excluding hydrogens is 264 g/mol. The monoisotopic (exact) mass is 290 g/mol. The molecule has 21 heavy (non-hydrogen) atoms. The van der Waals surface area contributed by atoms with Crippen molar-refractivity contribution in [3.05, 3.63) is 11.6 Å². The van der Waals surface area contributed by atoms with Crippen LogP contribution in [-0.2, 0) is 14.3 Å². The van der Waals surface area contributed by atoms with Crippen LogP contribution in [0.5, 0.6) is 0 Å². The average molecular weight is 290 g/mol. The maximum atomic E-state index is 12.2. The van der Waals surface area contributed by atoms with E-state index in [-0.39, 0.29) is 23.6 Å². The van der Waals surface area contributed by atoms with Crippen LogP contribution < -0.4 is 0 Å². The molecule has 0 radical (unpaired) electrons. The highest BCUT2D eigenvalue weighted by Gasteiger charge is 2.51. The van der Waals surface area contributed by atoms with Crippen LogP contribution in [0, 0.1) is 29.1 Å². The number of carbonyl (C=O) groups excluding carboxylic acids is 2. The predicted octanol–water partition coefficient (Wildman–Crippen LogP) is 3.53. The van der Waals surface area contributed by atoms with Gasteiger partial charge in [-0.05, 0) is 48.5 Å². The standard InChI is InChI=1S/C18H26O3/c1-11-8-12(5-7-16(11)19)17(20)21-10-13-4-6-14-9-15(13)18(14,2)3/h4,11-12,14-15H,5-10H2,1-3H3/t11-,12-,14-,15-/m0/s1. The molecule has 4 atom stereocenters. The van der Waals surface area contributed by atoms with Gasteiger partial charge in [-0.3, -0.25) is 9.59 Å². The predicted molar refractivity (Wildman–Crippen MR) is 80.5 cm³/mol. The van der Waals surface area contributed by atoms with E-state index >= 15 is 0 Å². The van der Waals surface area contributed by atoms with E-state index in [1.54, 1.807) is 0 Å². The van der Waals surface area contributed by atoms with Crippen molar-refractivity contribution < 1.29 is 14.3 Å². The lowest BCUT2D eigenvalue weighted by atomic mass is 9.49. The summed E-state index contributed by atoms with van der Waals surface area (Å²) in [5, 5.41) is 0. The molecule has 116 valence electrons. The summed E-state index contributed by atoms with van der Waals surface area (Å²) in [6.07, 6.45) is 6.52. The highest BCUT2D eigenvalue weighted by Crippen LogP contribution is 2.59. The Balaban J connectivity index is 1.53. The van der Waals surface area contributed by atoms with E-state index in [1.165, 1.54) is 12.0 Å². The molecule has 4 aliphatic carbocycles. The molecular formula is C18H26O3. The Hall–Kier alpha value is -1.12. The Labute approximate surface area is 127 Å². The Morgan fingerprint density at radius 2 is 2.14 bits per heavy atom. The molecule has 3 heteroatoms. The summed E-state index contributed by atoms with van der Waals surface area (Å²) in [5.41, 5.74) is 1.69. The summed E-state index contributed by atoms with van der Waals surface area (Å²) in [4.78, 5) is 23.7. The first-order valence-electron chi connectivity index (χ1n) is 8.28. The summed E-state index contributed by atoms with van der Waals surface area (Å²) >= 11 is 0. The molecule has 2 saturated carbocycles. The molecule has 0 heterocycles. The van der Waals surface area contributed by atoms with Gasteiger partial charge < -0.3 is 4.74 Å². The van der Waals surface area contributed by atoms with E-state index in [0.29, 0.717) is 37.2 Å². The van der Waals surface area contributed by atoms with E-state index in [4.69, 9.17) is 4.74 Å². The Kier molecular flexibility index (Phi) is 3.71. The molecule has 4 aliphatic rings. The van der Waals surface area contributed by atoms with Gasteiger partial charge in [-0.25, -0.2) is 0 Å². The molecule has 0 spiro atoms. The summed E-state index contributed by atoms with van der Waals surface area (Å²) in [7, 11) is 0. The summed E-state index contributed by atoms with van der Waals surface area (Å²) in [6.45, 7) is 7.03. The number of rotatable bonds is 3. The molecule has 4 rings (SSSR count). The Morgan fingerprint density at radius 1 is 1.38 bits per heavy atom. The Bertz CT molecular complexity index is 489. The minimum atomic E-state index is -0.102. The third kappa shape index (κ3) is 2.56. The molecule has 0 saturated heterocycles. The second-order valence-corrected chi connectivity index (χ2v) is 7.77. The Morgan fingerprint density at radius 3 is 2.76 bits per heavy atom. The van der Waals surface area contributed by atoms with Crippen molar-refractivity contribution in [3.8, 4) is 0 Å². The number of fused-ring (bicyclic) bond motifs is 1. The van der Waals surface area contributed by atoms with Crippen molar-refractivity contribution in [2.24, 2.45) is 29.1 Å². The fraction of sp³-hybridized carbons (Fsp3) is 0.778. The van der Waals surface area contributed by atoms with Gasteiger partial charge in [0.15, 0.2) is 0 Å². The summed E-state index contributed by atoms with van der Waals surface area (Å²) in [5.74, 6) is 1.52. The zero-order chi connectivity index (χ0) is 15.2. The molecule has 0 N–H and O–H groups in total. The third-order valence-corrected chi connectivity index (χ3v) is 6.22. The van der Waals surface area contributed by atoms with Crippen molar-refractivity contribution in [1.82, 2.24) is 0 Å². The fourth-order valence-corrected chi connectivity index (χ4v) is 4.37. The zero-order valence-corrected chi connectivity index (χ0v) is 13.4. The molecule has 0 unspecified atom stereocenters. The zero-order valence-electron chi connectivity index (χ0n) is 13.4. The van der Waals surface area contributed by atoms with Crippen molar-refractivity contribution in [1.29, 1.82) is 0 Å². The molecule has 0 aromatic carbocycles. The van der Waals surface area contributed by atoms with Crippen LogP contribution in [0.25, 0.3) is 0 Å². The molecule has 0 amide bonds. The van der Waals surface area contributed by atoms with Gasteiger partial charge in [0.05, 0.1) is 5.92 Å². The topological polar surface area (TPSA) is 43.4 Å². The van der Waals surface area contributed by atoms with Gasteiger partial charge in [-0.15, -0.1) is 0 Å². The first-order chi connectivity index (χ1) is 9.89. The normalized spacial score (nSPS) is 37.5. The van der Waals surface area contributed by atoms with Crippen molar-refractivity contribution in [3.63, 3.8) is 0 Å². The number of carbonyl (C=O) groups is 2. The minimum Gasteiger partial charge on any atom is -0.461 e. The largest absolute Gasteiger partial charge is 0.461 e. The van der Waals surface area contributed by atoms with Crippen LogP contribution in [-0.4, -0.2) is 18.4 Å². The SMILES string of the molecule is C[C@H]1C[C@@H](C(=O)OCC2=CC[C@H]3C[C@@H]2C3(C)C)CCC1=O. The third-order valence-electron chi connectivity index (χ3n) is 6.22. The van der Waals surface area contributed by atoms with Gasteiger partial charge in [0, 0.05) is 12.3 Å². The maximum Gasteiger partial charge on any atom is 0.309 e. The van der Waals surface area contributed by atoms with Crippen molar-refractivity contribution in [2.75, 3.05) is 6.61 Å². The average Bonchev–Trinajstić information content (AvgIpc) is 2.47. The molecule has 3 nitrogen and oxygen atoms in total. The van der Waals surface area contributed by atoms with Crippen LogP contribution in [0.4, 0.5) is 0 Å². The minimum absolute atomic E-state index is 0.0107. The van der Waals surface area contributed by atoms with Gasteiger partial charge in [0.1, 0.15) is 12.4 Å². The highest BCUT2D eigenvalue weighted by molar-refractivity contribution is 5.84. The van der Waals surface area contributed by atoms with E-state index in [2.05, 4.69) is 19.9 Å². The van der Waals surface area contributed by atoms with Crippen LogP contribution >= 0.6 is 0 Å².